The zero-order chi connectivity index (χ0) is 25.7. The third kappa shape index (κ3) is 4.21. The van der Waals surface area contributed by atoms with Gasteiger partial charge in [0.25, 0.3) is 5.91 Å². The number of benzene rings is 2. The van der Waals surface area contributed by atoms with Gasteiger partial charge in [-0.1, -0.05) is 24.3 Å². The fraction of sp³-hybridized carbons (Fsp3) is 0.400. The number of hydrogen-bond donors (Lipinski definition) is 2. The maximum atomic E-state index is 13.4. The van der Waals surface area contributed by atoms with E-state index in [2.05, 4.69) is 10.6 Å². The Hall–Kier alpha value is -3.24. The molecule has 2 aromatic carbocycles. The van der Waals surface area contributed by atoms with Gasteiger partial charge in [0.15, 0.2) is 0 Å². The Balaban J connectivity index is 1.57. The topological polar surface area (TPSA) is 116 Å². The van der Waals surface area contributed by atoms with Crippen molar-refractivity contribution in [3.63, 3.8) is 0 Å². The van der Waals surface area contributed by atoms with Crippen molar-refractivity contribution < 1.29 is 22.8 Å². The van der Waals surface area contributed by atoms with Crippen molar-refractivity contribution in [1.29, 1.82) is 0 Å². The number of aryl methyl sites for hydroxylation is 3. The van der Waals surface area contributed by atoms with E-state index in [1.165, 1.54) is 44.3 Å². The average Bonchev–Trinajstić information content (AvgIpc) is 3.36. The zero-order valence-corrected chi connectivity index (χ0v) is 21.3. The largest absolute Gasteiger partial charge is 0.326 e. The first-order valence-corrected chi connectivity index (χ1v) is 12.9. The van der Waals surface area contributed by atoms with Crippen LogP contribution in [0.25, 0.3) is 0 Å². The molecule has 1 saturated heterocycles. The fourth-order valence-electron chi connectivity index (χ4n) is 4.55. The maximum absolute atomic E-state index is 13.4. The van der Waals surface area contributed by atoms with Crippen molar-refractivity contribution in [3.8, 4) is 0 Å². The number of rotatable bonds is 6. The lowest BCUT2D eigenvalue weighted by atomic mass is 9.89. The second-order valence-corrected chi connectivity index (χ2v) is 11.6. The quantitative estimate of drug-likeness (QED) is 0.594. The number of imide groups is 1. The summed E-state index contributed by atoms with van der Waals surface area (Å²) in [6.45, 7) is 4.84. The summed E-state index contributed by atoms with van der Waals surface area (Å²) in [4.78, 5) is 40.4. The lowest BCUT2D eigenvalue weighted by Gasteiger charge is -2.25. The Bertz CT molecular complexity index is 1340. The standard InChI is InChI=1S/C25H30N4O5S/c1-15-9-12-20(35(33,34)28(4)5)14-21(15)26-22(30)16(2)29-23(31)25(3,27-24(29)32)19-11-10-17-7-6-8-18(17)13-19/h9-14,16H,6-8H2,1-5H3,(H,26,30)(H,27,32). The molecule has 1 heterocycles. The Kier molecular flexibility index (Phi) is 6.23. The molecule has 2 aliphatic rings. The highest BCUT2D eigenvalue weighted by Crippen LogP contribution is 2.33. The third-order valence-electron chi connectivity index (χ3n) is 6.91. The smallest absolute Gasteiger partial charge is 0.324 e. The van der Waals surface area contributed by atoms with Gasteiger partial charge < -0.3 is 10.6 Å². The number of carbonyl (C=O) groups excluding carboxylic acids is 3. The molecule has 1 fully saturated rings. The molecule has 35 heavy (non-hydrogen) atoms. The van der Waals surface area contributed by atoms with E-state index in [4.69, 9.17) is 0 Å². The number of nitrogens with zero attached hydrogens (tertiary/aromatic N) is 2. The van der Waals surface area contributed by atoms with Gasteiger partial charge in [-0.3, -0.25) is 9.59 Å². The highest BCUT2D eigenvalue weighted by Gasteiger charge is 2.52. The van der Waals surface area contributed by atoms with Crippen molar-refractivity contribution in [2.45, 2.75) is 56.5 Å². The molecule has 0 bridgehead atoms. The Labute approximate surface area is 205 Å². The van der Waals surface area contributed by atoms with Crippen LogP contribution < -0.4 is 10.6 Å². The molecule has 1 aliphatic heterocycles. The fourth-order valence-corrected chi connectivity index (χ4v) is 5.48. The predicted molar refractivity (Wildman–Crippen MR) is 131 cm³/mol. The Morgan fingerprint density at radius 2 is 1.80 bits per heavy atom. The van der Waals surface area contributed by atoms with Crippen LogP contribution >= 0.6 is 0 Å². The first-order chi connectivity index (χ1) is 16.4. The number of amides is 4. The summed E-state index contributed by atoms with van der Waals surface area (Å²) in [5.74, 6) is -1.11. The van der Waals surface area contributed by atoms with E-state index in [1.807, 2.05) is 18.2 Å². The minimum absolute atomic E-state index is 0.0234. The molecule has 186 valence electrons. The summed E-state index contributed by atoms with van der Waals surface area (Å²) < 4.78 is 26.1. The minimum Gasteiger partial charge on any atom is -0.324 e. The minimum atomic E-state index is -3.70. The van der Waals surface area contributed by atoms with Crippen LogP contribution in [0.5, 0.6) is 0 Å². The molecule has 0 spiro atoms. The van der Waals surface area contributed by atoms with Crippen LogP contribution in [0.2, 0.25) is 0 Å². The van der Waals surface area contributed by atoms with E-state index in [1.54, 1.807) is 19.9 Å². The molecule has 0 radical (unpaired) electrons. The number of fused-ring (bicyclic) bond motifs is 1. The van der Waals surface area contributed by atoms with Crippen molar-refractivity contribution in [2.24, 2.45) is 0 Å². The molecule has 2 N–H and O–H groups in total. The van der Waals surface area contributed by atoms with Crippen molar-refractivity contribution in [2.75, 3.05) is 19.4 Å². The Morgan fingerprint density at radius 3 is 2.49 bits per heavy atom. The van der Waals surface area contributed by atoms with Crippen LogP contribution in [-0.2, 0) is 38.0 Å². The Morgan fingerprint density at radius 1 is 1.11 bits per heavy atom. The number of urea groups is 1. The predicted octanol–water partition coefficient (Wildman–Crippen LogP) is 2.53. The van der Waals surface area contributed by atoms with Gasteiger partial charge in [-0.05, 0) is 74.4 Å². The summed E-state index contributed by atoms with van der Waals surface area (Å²) in [6, 6.07) is 8.48. The van der Waals surface area contributed by atoms with Gasteiger partial charge in [-0.25, -0.2) is 22.4 Å². The van der Waals surface area contributed by atoms with E-state index in [9.17, 15) is 22.8 Å². The molecule has 1 aliphatic carbocycles. The van der Waals surface area contributed by atoms with Gasteiger partial charge in [-0.15, -0.1) is 0 Å². The average molecular weight is 499 g/mol. The molecule has 10 heteroatoms. The monoisotopic (exact) mass is 498 g/mol. The molecule has 2 aromatic rings. The second-order valence-electron chi connectivity index (χ2n) is 9.50. The van der Waals surface area contributed by atoms with E-state index >= 15 is 0 Å². The molecular weight excluding hydrogens is 468 g/mol. The van der Waals surface area contributed by atoms with E-state index in [-0.39, 0.29) is 4.90 Å². The first kappa shape index (κ1) is 24.9. The molecule has 4 amide bonds. The van der Waals surface area contributed by atoms with Gasteiger partial charge >= 0.3 is 6.03 Å². The lowest BCUT2D eigenvalue weighted by Crippen LogP contribution is -2.47. The SMILES string of the molecule is Cc1ccc(S(=O)(=O)N(C)C)cc1NC(=O)C(C)N1C(=O)NC(C)(c2ccc3c(c2)CCC3)C1=O. The molecule has 9 nitrogen and oxygen atoms in total. The molecule has 4 rings (SSSR count). The van der Waals surface area contributed by atoms with Gasteiger partial charge in [0.1, 0.15) is 11.6 Å². The van der Waals surface area contributed by atoms with Crippen LogP contribution in [0.3, 0.4) is 0 Å². The summed E-state index contributed by atoms with van der Waals surface area (Å²) in [5.41, 5.74) is 2.77. The second kappa shape index (κ2) is 8.76. The van der Waals surface area contributed by atoms with Crippen LogP contribution in [0.1, 0.15) is 42.5 Å². The molecule has 2 atom stereocenters. The van der Waals surface area contributed by atoms with Crippen LogP contribution in [0.4, 0.5) is 10.5 Å². The summed E-state index contributed by atoms with van der Waals surface area (Å²) in [6.07, 6.45) is 3.01. The lowest BCUT2D eigenvalue weighted by molar-refractivity contribution is -0.136. The maximum Gasteiger partial charge on any atom is 0.326 e. The van der Waals surface area contributed by atoms with Gasteiger partial charge in [-0.2, -0.15) is 0 Å². The van der Waals surface area contributed by atoms with E-state index < -0.39 is 39.4 Å². The molecule has 0 aromatic heterocycles. The number of carbonyl (C=O) groups is 3. The highest BCUT2D eigenvalue weighted by molar-refractivity contribution is 7.89. The summed E-state index contributed by atoms with van der Waals surface area (Å²) in [7, 11) is -0.859. The van der Waals surface area contributed by atoms with Gasteiger partial charge in [0.2, 0.25) is 15.9 Å². The molecular formula is C25H30N4O5S. The van der Waals surface area contributed by atoms with Crippen molar-refractivity contribution in [3.05, 3.63) is 58.7 Å². The molecule has 2 unspecified atom stereocenters. The van der Waals surface area contributed by atoms with Crippen LogP contribution in [0, 0.1) is 6.92 Å². The van der Waals surface area contributed by atoms with E-state index in [0.717, 1.165) is 28.5 Å². The van der Waals surface area contributed by atoms with Crippen molar-refractivity contribution >= 4 is 33.6 Å². The van der Waals surface area contributed by atoms with Crippen LogP contribution in [-0.4, -0.2) is 55.6 Å². The normalized spacial score (nSPS) is 20.7. The van der Waals surface area contributed by atoms with Crippen molar-refractivity contribution in [1.82, 2.24) is 14.5 Å². The molecule has 0 saturated carbocycles. The highest BCUT2D eigenvalue weighted by atomic mass is 32.2. The third-order valence-corrected chi connectivity index (χ3v) is 8.72. The number of anilines is 1. The van der Waals surface area contributed by atoms with Gasteiger partial charge in [0.05, 0.1) is 4.90 Å². The van der Waals surface area contributed by atoms with Crippen LogP contribution in [0.15, 0.2) is 41.3 Å². The summed E-state index contributed by atoms with van der Waals surface area (Å²) >= 11 is 0. The summed E-state index contributed by atoms with van der Waals surface area (Å²) in [5, 5.41) is 5.45. The first-order valence-electron chi connectivity index (χ1n) is 11.5. The number of hydrogen-bond acceptors (Lipinski definition) is 5. The van der Waals surface area contributed by atoms with E-state index in [0.29, 0.717) is 16.8 Å². The zero-order valence-electron chi connectivity index (χ0n) is 20.5. The number of sulfonamides is 1. The van der Waals surface area contributed by atoms with Gasteiger partial charge in [0, 0.05) is 19.8 Å². The number of nitrogens with one attached hydrogen (secondary N) is 2.